The Morgan fingerprint density at radius 3 is 2.11 bits per heavy atom. The summed E-state index contributed by atoms with van der Waals surface area (Å²) in [5.41, 5.74) is 4.12. The number of allylic oxidation sites excluding steroid dienone is 1. The minimum atomic E-state index is 0.584. The van der Waals surface area contributed by atoms with E-state index in [2.05, 4.69) is 74.2 Å². The Bertz CT molecular complexity index is 496. The first kappa shape index (κ1) is 13.6. The van der Waals surface area contributed by atoms with E-state index in [0.717, 1.165) is 12.8 Å². The summed E-state index contributed by atoms with van der Waals surface area (Å²) >= 11 is 0. The Hall–Kier alpha value is -1.82. The first-order valence-corrected chi connectivity index (χ1v) is 6.99. The molecule has 0 aliphatic carbocycles. The molecule has 0 nitrogen and oxygen atoms in total. The summed E-state index contributed by atoms with van der Waals surface area (Å²) in [4.78, 5) is 0. The lowest BCUT2D eigenvalue weighted by Crippen LogP contribution is -2.03. The van der Waals surface area contributed by atoms with E-state index >= 15 is 0 Å². The van der Waals surface area contributed by atoms with Crippen LogP contribution in [0, 0.1) is 0 Å². The Balaban J connectivity index is 2.12. The topological polar surface area (TPSA) is 0 Å². The monoisotopic (exact) mass is 250 g/mol. The van der Waals surface area contributed by atoms with Crippen molar-refractivity contribution in [1.82, 2.24) is 0 Å². The Kier molecular flexibility index (Phi) is 4.97. The third-order valence-corrected chi connectivity index (χ3v) is 3.52. The average Bonchev–Trinajstić information content (AvgIpc) is 2.45. The molecule has 98 valence electrons. The molecule has 0 fully saturated rings. The number of benzene rings is 2. The maximum Gasteiger partial charge on any atom is -0.0118 e. The summed E-state index contributed by atoms with van der Waals surface area (Å²) in [7, 11) is 0. The van der Waals surface area contributed by atoms with Crippen LogP contribution in [0.15, 0.2) is 72.8 Å². The molecular formula is C19H22. The molecule has 1 atom stereocenters. The molecule has 0 aromatic heterocycles. The second-order valence-corrected chi connectivity index (χ2v) is 5.29. The maximum absolute atomic E-state index is 4.03. The van der Waals surface area contributed by atoms with Gasteiger partial charge in [0.1, 0.15) is 0 Å². The van der Waals surface area contributed by atoms with Crippen molar-refractivity contribution < 1.29 is 0 Å². The lowest BCUT2D eigenvalue weighted by Gasteiger charge is -2.17. The van der Waals surface area contributed by atoms with Crippen LogP contribution in [0.25, 0.3) is 0 Å². The van der Waals surface area contributed by atoms with E-state index in [0.29, 0.717) is 5.92 Å². The second-order valence-electron chi connectivity index (χ2n) is 5.29. The van der Waals surface area contributed by atoms with E-state index in [9.17, 15) is 0 Å². The van der Waals surface area contributed by atoms with Gasteiger partial charge in [0.15, 0.2) is 0 Å². The normalized spacial score (nSPS) is 12.1. The van der Waals surface area contributed by atoms with Crippen LogP contribution in [0.5, 0.6) is 0 Å². The van der Waals surface area contributed by atoms with Crippen molar-refractivity contribution in [1.29, 1.82) is 0 Å². The highest BCUT2D eigenvalue weighted by atomic mass is 14.2. The molecule has 0 bridgehead atoms. The van der Waals surface area contributed by atoms with Crippen molar-refractivity contribution >= 4 is 0 Å². The Morgan fingerprint density at radius 2 is 1.53 bits per heavy atom. The van der Waals surface area contributed by atoms with Crippen LogP contribution < -0.4 is 0 Å². The first-order valence-electron chi connectivity index (χ1n) is 6.99. The van der Waals surface area contributed by atoms with Gasteiger partial charge in [-0.15, -0.1) is 6.58 Å². The summed E-state index contributed by atoms with van der Waals surface area (Å²) in [5, 5.41) is 0. The van der Waals surface area contributed by atoms with E-state index in [1.54, 1.807) is 0 Å². The number of rotatable bonds is 6. The summed E-state index contributed by atoms with van der Waals surface area (Å²) < 4.78 is 0. The van der Waals surface area contributed by atoms with Crippen LogP contribution in [0.1, 0.15) is 36.8 Å². The fraction of sp³-hybridized carbons (Fsp3) is 0.263. The molecule has 0 radical (unpaired) electrons. The molecule has 0 saturated heterocycles. The van der Waals surface area contributed by atoms with Crippen molar-refractivity contribution in [2.75, 3.05) is 0 Å². The van der Waals surface area contributed by atoms with E-state index in [4.69, 9.17) is 0 Å². The molecule has 1 unspecified atom stereocenters. The molecule has 0 spiro atoms. The maximum atomic E-state index is 4.03. The molecule has 0 aliphatic heterocycles. The van der Waals surface area contributed by atoms with Gasteiger partial charge in [-0.05, 0) is 43.2 Å². The van der Waals surface area contributed by atoms with Crippen LogP contribution in [0.2, 0.25) is 0 Å². The van der Waals surface area contributed by atoms with Gasteiger partial charge in [-0.1, -0.05) is 66.2 Å². The standard InChI is InChI=1S/C19H22/c1-16(2)13-14-19(18-11-7-4-8-12-18)15-17-9-5-3-6-10-17/h3-12,19H,1,13-15H2,2H3. The zero-order chi connectivity index (χ0) is 13.5. The summed E-state index contributed by atoms with van der Waals surface area (Å²) in [6.45, 7) is 6.14. The smallest absolute Gasteiger partial charge is 0.0118 e. The van der Waals surface area contributed by atoms with Crippen molar-refractivity contribution in [3.8, 4) is 0 Å². The van der Waals surface area contributed by atoms with Crippen molar-refractivity contribution in [2.45, 2.75) is 32.1 Å². The van der Waals surface area contributed by atoms with E-state index in [1.165, 1.54) is 23.1 Å². The van der Waals surface area contributed by atoms with Gasteiger partial charge in [-0.25, -0.2) is 0 Å². The lowest BCUT2D eigenvalue weighted by molar-refractivity contribution is 0.619. The van der Waals surface area contributed by atoms with Gasteiger partial charge in [0.25, 0.3) is 0 Å². The zero-order valence-corrected chi connectivity index (χ0v) is 11.7. The molecule has 2 aromatic carbocycles. The molecule has 2 rings (SSSR count). The van der Waals surface area contributed by atoms with Gasteiger partial charge in [0, 0.05) is 0 Å². The number of hydrogen-bond acceptors (Lipinski definition) is 0. The van der Waals surface area contributed by atoms with Crippen molar-refractivity contribution in [3.63, 3.8) is 0 Å². The van der Waals surface area contributed by atoms with Gasteiger partial charge in [0.05, 0.1) is 0 Å². The third-order valence-electron chi connectivity index (χ3n) is 3.52. The molecule has 0 saturated carbocycles. The highest BCUT2D eigenvalue weighted by Gasteiger charge is 2.11. The SMILES string of the molecule is C=C(C)CCC(Cc1ccccc1)c1ccccc1. The molecule has 2 aromatic rings. The minimum absolute atomic E-state index is 0.584. The fourth-order valence-electron chi connectivity index (χ4n) is 2.43. The van der Waals surface area contributed by atoms with Crippen LogP contribution in [-0.2, 0) is 6.42 Å². The third kappa shape index (κ3) is 4.40. The van der Waals surface area contributed by atoms with Crippen LogP contribution in [0.3, 0.4) is 0 Å². The summed E-state index contributed by atoms with van der Waals surface area (Å²) in [6.07, 6.45) is 3.39. The minimum Gasteiger partial charge on any atom is -0.100 e. The van der Waals surface area contributed by atoms with Crippen LogP contribution >= 0.6 is 0 Å². The van der Waals surface area contributed by atoms with Crippen molar-refractivity contribution in [2.24, 2.45) is 0 Å². The highest BCUT2D eigenvalue weighted by molar-refractivity contribution is 5.24. The zero-order valence-electron chi connectivity index (χ0n) is 11.7. The predicted molar refractivity (Wildman–Crippen MR) is 83.4 cm³/mol. The number of hydrogen-bond donors (Lipinski definition) is 0. The Labute approximate surface area is 116 Å². The van der Waals surface area contributed by atoms with Gasteiger partial charge >= 0.3 is 0 Å². The molecule has 0 aliphatic rings. The molecule has 0 heterocycles. The predicted octanol–water partition coefficient (Wildman–Crippen LogP) is 5.37. The van der Waals surface area contributed by atoms with E-state index in [1.807, 2.05) is 0 Å². The average molecular weight is 250 g/mol. The molecule has 0 heteroatoms. The van der Waals surface area contributed by atoms with Crippen molar-refractivity contribution in [3.05, 3.63) is 83.9 Å². The quantitative estimate of drug-likeness (QED) is 0.605. The molecule has 0 N–H and O–H groups in total. The fourth-order valence-corrected chi connectivity index (χ4v) is 2.43. The van der Waals surface area contributed by atoms with Gasteiger partial charge in [-0.2, -0.15) is 0 Å². The van der Waals surface area contributed by atoms with E-state index in [-0.39, 0.29) is 0 Å². The largest absolute Gasteiger partial charge is 0.100 e. The molecule has 0 amide bonds. The summed E-state index contributed by atoms with van der Waals surface area (Å²) in [6, 6.07) is 21.6. The van der Waals surface area contributed by atoms with Crippen LogP contribution in [-0.4, -0.2) is 0 Å². The summed E-state index contributed by atoms with van der Waals surface area (Å²) in [5.74, 6) is 0.584. The van der Waals surface area contributed by atoms with Gasteiger partial charge in [-0.3, -0.25) is 0 Å². The highest BCUT2D eigenvalue weighted by Crippen LogP contribution is 2.26. The molecule has 19 heavy (non-hydrogen) atoms. The van der Waals surface area contributed by atoms with Gasteiger partial charge < -0.3 is 0 Å². The van der Waals surface area contributed by atoms with Crippen LogP contribution in [0.4, 0.5) is 0 Å². The Morgan fingerprint density at radius 1 is 0.947 bits per heavy atom. The van der Waals surface area contributed by atoms with Gasteiger partial charge in [0.2, 0.25) is 0 Å². The molecular weight excluding hydrogens is 228 g/mol. The van der Waals surface area contributed by atoms with E-state index < -0.39 is 0 Å². The first-order chi connectivity index (χ1) is 9.25. The second kappa shape index (κ2) is 6.94. The lowest BCUT2D eigenvalue weighted by atomic mass is 9.87.